The third kappa shape index (κ3) is 3.16. The van der Waals surface area contributed by atoms with E-state index >= 15 is 0 Å². The van der Waals surface area contributed by atoms with Crippen molar-refractivity contribution in [2.24, 2.45) is 5.92 Å². The predicted octanol–water partition coefficient (Wildman–Crippen LogP) is 4.64. The molecule has 0 bridgehead atoms. The minimum atomic E-state index is -0.994. The number of aliphatic hydroxyl groups is 1. The number of carbonyl (C=O) groups is 1. The van der Waals surface area contributed by atoms with Crippen LogP contribution in [-0.4, -0.2) is 22.5 Å². The largest absolute Gasteiger partial charge is 0.387 e. The second-order valence-electron chi connectivity index (χ2n) is 6.09. The van der Waals surface area contributed by atoms with Crippen LogP contribution in [0.15, 0.2) is 48.5 Å². The zero-order valence-corrected chi connectivity index (χ0v) is 14.8. The Bertz CT molecular complexity index is 715. The molecule has 1 heterocycles. The Morgan fingerprint density at radius 1 is 1.08 bits per heavy atom. The van der Waals surface area contributed by atoms with Crippen molar-refractivity contribution >= 4 is 29.1 Å². The molecule has 3 atom stereocenters. The van der Waals surface area contributed by atoms with E-state index in [4.69, 9.17) is 23.2 Å². The van der Waals surface area contributed by atoms with Gasteiger partial charge in [0.05, 0.1) is 18.1 Å². The van der Waals surface area contributed by atoms with Crippen LogP contribution in [0, 0.1) is 5.92 Å². The molecule has 3 rings (SSSR count). The number of benzene rings is 2. The van der Waals surface area contributed by atoms with E-state index < -0.39 is 12.0 Å². The highest BCUT2D eigenvalue weighted by atomic mass is 35.5. The van der Waals surface area contributed by atoms with Gasteiger partial charge in [0, 0.05) is 22.2 Å². The Balaban J connectivity index is 1.81. The van der Waals surface area contributed by atoms with Crippen molar-refractivity contribution in [1.29, 1.82) is 0 Å². The van der Waals surface area contributed by atoms with Gasteiger partial charge in [0.2, 0.25) is 5.91 Å². The minimum absolute atomic E-state index is 0.0300. The molecule has 126 valence electrons. The van der Waals surface area contributed by atoms with Gasteiger partial charge in [0.25, 0.3) is 0 Å². The van der Waals surface area contributed by atoms with Crippen molar-refractivity contribution in [3.05, 3.63) is 69.7 Å². The molecule has 1 amide bonds. The Hall–Kier alpha value is -1.55. The van der Waals surface area contributed by atoms with Crippen LogP contribution in [0.4, 0.5) is 0 Å². The smallest absolute Gasteiger partial charge is 0.229 e. The SMILES string of the molecule is C[C@H](c1ccccc1)N1CCC(C(O)c2c(Cl)cccc2Cl)C1=O. The summed E-state index contributed by atoms with van der Waals surface area (Å²) in [4.78, 5) is 14.7. The molecule has 1 N–H and O–H groups in total. The highest BCUT2D eigenvalue weighted by Crippen LogP contribution is 2.40. The Labute approximate surface area is 151 Å². The van der Waals surface area contributed by atoms with Crippen LogP contribution in [0.2, 0.25) is 10.0 Å². The number of halogens is 2. The second kappa shape index (κ2) is 7.14. The molecule has 2 aromatic rings. The average molecular weight is 364 g/mol. The second-order valence-corrected chi connectivity index (χ2v) is 6.91. The van der Waals surface area contributed by atoms with Gasteiger partial charge in [-0.15, -0.1) is 0 Å². The molecule has 0 aliphatic carbocycles. The van der Waals surface area contributed by atoms with E-state index in [1.165, 1.54) is 0 Å². The molecule has 2 aromatic carbocycles. The van der Waals surface area contributed by atoms with Crippen LogP contribution < -0.4 is 0 Å². The van der Waals surface area contributed by atoms with Crippen LogP contribution in [0.1, 0.15) is 36.6 Å². The molecule has 5 heteroatoms. The lowest BCUT2D eigenvalue weighted by Gasteiger charge is -2.26. The van der Waals surface area contributed by atoms with E-state index in [1.54, 1.807) is 18.2 Å². The quantitative estimate of drug-likeness (QED) is 0.859. The van der Waals surface area contributed by atoms with Crippen LogP contribution >= 0.6 is 23.2 Å². The number of likely N-dealkylation sites (tertiary alicyclic amines) is 1. The number of rotatable bonds is 4. The van der Waals surface area contributed by atoms with E-state index in [0.717, 1.165) is 5.56 Å². The van der Waals surface area contributed by atoms with Gasteiger partial charge in [-0.1, -0.05) is 59.6 Å². The van der Waals surface area contributed by atoms with E-state index in [0.29, 0.717) is 28.6 Å². The molecule has 1 saturated heterocycles. The average Bonchev–Trinajstić information content (AvgIpc) is 2.96. The number of amides is 1. The van der Waals surface area contributed by atoms with Gasteiger partial charge >= 0.3 is 0 Å². The number of aliphatic hydroxyl groups excluding tert-OH is 1. The van der Waals surface area contributed by atoms with E-state index in [2.05, 4.69) is 0 Å². The molecule has 0 aromatic heterocycles. The first-order chi connectivity index (χ1) is 11.5. The highest BCUT2D eigenvalue weighted by Gasteiger charge is 2.40. The summed E-state index contributed by atoms with van der Waals surface area (Å²) in [5, 5.41) is 11.5. The van der Waals surface area contributed by atoms with Gasteiger partial charge in [-0.25, -0.2) is 0 Å². The van der Waals surface area contributed by atoms with Gasteiger partial charge in [-0.05, 0) is 31.0 Å². The van der Waals surface area contributed by atoms with Crippen molar-refractivity contribution in [3.8, 4) is 0 Å². The molecule has 24 heavy (non-hydrogen) atoms. The fraction of sp³-hybridized carbons (Fsp3) is 0.316. The summed E-state index contributed by atoms with van der Waals surface area (Å²) in [6.45, 7) is 2.61. The Morgan fingerprint density at radius 3 is 2.33 bits per heavy atom. The third-order valence-corrected chi connectivity index (χ3v) is 5.37. The molecule has 3 nitrogen and oxygen atoms in total. The topological polar surface area (TPSA) is 40.5 Å². The van der Waals surface area contributed by atoms with E-state index in [1.807, 2.05) is 42.2 Å². The van der Waals surface area contributed by atoms with E-state index in [-0.39, 0.29) is 11.9 Å². The molecule has 0 saturated carbocycles. The fourth-order valence-corrected chi connectivity index (χ4v) is 3.93. The maximum Gasteiger partial charge on any atom is 0.229 e. The van der Waals surface area contributed by atoms with E-state index in [9.17, 15) is 9.90 Å². The molecule has 0 radical (unpaired) electrons. The maximum atomic E-state index is 12.8. The summed E-state index contributed by atoms with van der Waals surface area (Å²) in [6.07, 6.45) is -0.412. The van der Waals surface area contributed by atoms with Gasteiger partial charge in [0.1, 0.15) is 0 Å². The van der Waals surface area contributed by atoms with Gasteiger partial charge in [0.15, 0.2) is 0 Å². The number of hydrogen-bond acceptors (Lipinski definition) is 2. The monoisotopic (exact) mass is 363 g/mol. The molecule has 0 spiro atoms. The molecular weight excluding hydrogens is 345 g/mol. The number of hydrogen-bond donors (Lipinski definition) is 1. The standard InChI is InChI=1S/C19H19Cl2NO2/c1-12(13-6-3-2-4-7-13)22-11-10-14(19(22)24)18(23)17-15(20)8-5-9-16(17)21/h2-9,12,14,18,23H,10-11H2,1H3/t12-,14?,18?/m1/s1. The van der Waals surface area contributed by atoms with Crippen LogP contribution in [0.5, 0.6) is 0 Å². The molecule has 2 unspecified atom stereocenters. The van der Waals surface area contributed by atoms with Crippen LogP contribution in [0.3, 0.4) is 0 Å². The summed E-state index contributed by atoms with van der Waals surface area (Å²) in [5.41, 5.74) is 1.52. The number of carbonyl (C=O) groups excluding carboxylic acids is 1. The van der Waals surface area contributed by atoms with Crippen molar-refractivity contribution < 1.29 is 9.90 Å². The summed E-state index contributed by atoms with van der Waals surface area (Å²) < 4.78 is 0. The lowest BCUT2D eigenvalue weighted by molar-refractivity contribution is -0.135. The van der Waals surface area contributed by atoms with Crippen LogP contribution in [-0.2, 0) is 4.79 Å². The highest BCUT2D eigenvalue weighted by molar-refractivity contribution is 6.36. The minimum Gasteiger partial charge on any atom is -0.387 e. The zero-order valence-electron chi connectivity index (χ0n) is 13.3. The summed E-state index contributed by atoms with van der Waals surface area (Å²) in [5.74, 6) is -0.580. The zero-order chi connectivity index (χ0) is 17.3. The summed E-state index contributed by atoms with van der Waals surface area (Å²) in [6, 6.07) is 14.9. The first-order valence-electron chi connectivity index (χ1n) is 7.98. The first-order valence-corrected chi connectivity index (χ1v) is 8.73. The third-order valence-electron chi connectivity index (χ3n) is 4.71. The first kappa shape index (κ1) is 17.3. The molecular formula is C19H19Cl2NO2. The Morgan fingerprint density at radius 2 is 1.71 bits per heavy atom. The van der Waals surface area contributed by atoms with Gasteiger partial charge in [-0.2, -0.15) is 0 Å². The normalized spacial score (nSPS) is 20.2. The Kier molecular flexibility index (Phi) is 5.14. The van der Waals surface area contributed by atoms with Crippen molar-refractivity contribution in [2.75, 3.05) is 6.54 Å². The van der Waals surface area contributed by atoms with Gasteiger partial charge < -0.3 is 10.0 Å². The van der Waals surface area contributed by atoms with Crippen molar-refractivity contribution in [3.63, 3.8) is 0 Å². The lowest BCUT2D eigenvalue weighted by atomic mass is 9.94. The van der Waals surface area contributed by atoms with Crippen LogP contribution in [0.25, 0.3) is 0 Å². The van der Waals surface area contributed by atoms with Crippen molar-refractivity contribution in [2.45, 2.75) is 25.5 Å². The maximum absolute atomic E-state index is 12.8. The fourth-order valence-electron chi connectivity index (χ4n) is 3.31. The summed E-state index contributed by atoms with van der Waals surface area (Å²) in [7, 11) is 0. The number of nitrogens with zero attached hydrogens (tertiary/aromatic N) is 1. The summed E-state index contributed by atoms with van der Waals surface area (Å²) >= 11 is 12.4. The molecule has 1 aliphatic rings. The lowest BCUT2D eigenvalue weighted by Crippen LogP contribution is -2.32. The van der Waals surface area contributed by atoms with Crippen molar-refractivity contribution in [1.82, 2.24) is 4.90 Å². The predicted molar refractivity (Wildman–Crippen MR) is 96.1 cm³/mol. The molecule has 1 aliphatic heterocycles. The van der Waals surface area contributed by atoms with Gasteiger partial charge in [-0.3, -0.25) is 4.79 Å². The molecule has 1 fully saturated rings.